The highest BCUT2D eigenvalue weighted by Crippen LogP contribution is 2.28. The number of piperidine rings is 1. The monoisotopic (exact) mass is 357 g/mol. The van der Waals surface area contributed by atoms with Crippen LogP contribution in [-0.2, 0) is 0 Å². The van der Waals surface area contributed by atoms with Crippen LogP contribution in [0.2, 0.25) is 0 Å². The predicted molar refractivity (Wildman–Crippen MR) is 103 cm³/mol. The SMILES string of the molecule is O=C(c1nccc2ccccc12)N1CCC(c2nnc3ccccn23)CC1. The van der Waals surface area contributed by atoms with E-state index in [4.69, 9.17) is 0 Å². The third-order valence-electron chi connectivity index (χ3n) is 5.36. The number of hydrogen-bond acceptors (Lipinski definition) is 4. The van der Waals surface area contributed by atoms with Gasteiger partial charge in [-0.15, -0.1) is 10.2 Å². The number of aromatic nitrogens is 4. The van der Waals surface area contributed by atoms with Crippen molar-refractivity contribution in [3.05, 3.63) is 72.4 Å². The molecule has 1 aliphatic heterocycles. The molecule has 27 heavy (non-hydrogen) atoms. The minimum atomic E-state index is 0.0105. The number of nitrogens with zero attached hydrogens (tertiary/aromatic N) is 5. The summed E-state index contributed by atoms with van der Waals surface area (Å²) in [5.41, 5.74) is 1.41. The lowest BCUT2D eigenvalue weighted by atomic mass is 9.95. The molecule has 5 rings (SSSR count). The Morgan fingerprint density at radius 1 is 0.963 bits per heavy atom. The number of benzene rings is 1. The van der Waals surface area contributed by atoms with Gasteiger partial charge in [0.1, 0.15) is 11.5 Å². The van der Waals surface area contributed by atoms with Crippen LogP contribution in [0.5, 0.6) is 0 Å². The smallest absolute Gasteiger partial charge is 0.273 e. The van der Waals surface area contributed by atoms with E-state index in [0.717, 1.165) is 35.1 Å². The van der Waals surface area contributed by atoms with Crippen molar-refractivity contribution >= 4 is 22.3 Å². The second kappa shape index (κ2) is 6.46. The van der Waals surface area contributed by atoms with Crippen LogP contribution in [-0.4, -0.2) is 43.5 Å². The van der Waals surface area contributed by atoms with E-state index in [1.165, 1.54) is 0 Å². The maximum atomic E-state index is 13.0. The Bertz CT molecular complexity index is 1120. The second-order valence-corrected chi connectivity index (χ2v) is 6.93. The first-order valence-corrected chi connectivity index (χ1v) is 9.24. The fourth-order valence-electron chi connectivity index (χ4n) is 3.92. The molecule has 4 aromatic rings. The molecule has 0 spiro atoms. The molecular formula is C21H19N5O. The van der Waals surface area contributed by atoms with Gasteiger partial charge in [-0.2, -0.15) is 0 Å². The van der Waals surface area contributed by atoms with Gasteiger partial charge in [-0.05, 0) is 36.4 Å². The maximum Gasteiger partial charge on any atom is 0.273 e. The van der Waals surface area contributed by atoms with Crippen LogP contribution in [0.25, 0.3) is 16.4 Å². The predicted octanol–water partition coefficient (Wildman–Crippen LogP) is 3.30. The molecule has 1 aliphatic rings. The first kappa shape index (κ1) is 15.9. The average molecular weight is 357 g/mol. The summed E-state index contributed by atoms with van der Waals surface area (Å²) >= 11 is 0. The standard InChI is InChI=1S/C21H19N5O/c27-21(19-17-6-2-1-5-15(17)8-11-22-19)25-13-9-16(10-14-25)20-24-23-18-7-3-4-12-26(18)20/h1-8,11-12,16H,9-10,13-14H2. The van der Waals surface area contributed by atoms with Crippen molar-refractivity contribution < 1.29 is 4.79 Å². The first-order valence-electron chi connectivity index (χ1n) is 9.24. The average Bonchev–Trinajstić information content (AvgIpc) is 3.17. The highest BCUT2D eigenvalue weighted by atomic mass is 16.2. The number of fused-ring (bicyclic) bond motifs is 2. The Morgan fingerprint density at radius 2 is 1.78 bits per heavy atom. The third kappa shape index (κ3) is 2.73. The van der Waals surface area contributed by atoms with E-state index in [-0.39, 0.29) is 5.91 Å². The molecule has 4 heterocycles. The summed E-state index contributed by atoms with van der Waals surface area (Å²) in [4.78, 5) is 19.3. The van der Waals surface area contributed by atoms with E-state index in [9.17, 15) is 4.79 Å². The van der Waals surface area contributed by atoms with Gasteiger partial charge in [0.2, 0.25) is 0 Å². The molecule has 1 saturated heterocycles. The van der Waals surface area contributed by atoms with Gasteiger partial charge >= 0.3 is 0 Å². The van der Waals surface area contributed by atoms with Crippen molar-refractivity contribution in [1.29, 1.82) is 0 Å². The fraction of sp³-hybridized carbons (Fsp3) is 0.238. The second-order valence-electron chi connectivity index (χ2n) is 6.93. The van der Waals surface area contributed by atoms with E-state index < -0.39 is 0 Å². The summed E-state index contributed by atoms with van der Waals surface area (Å²) < 4.78 is 2.05. The maximum absolute atomic E-state index is 13.0. The highest BCUT2D eigenvalue weighted by molar-refractivity contribution is 6.05. The lowest BCUT2D eigenvalue weighted by molar-refractivity contribution is 0.0707. The summed E-state index contributed by atoms with van der Waals surface area (Å²) in [5.74, 6) is 1.31. The Labute approximate surface area is 156 Å². The summed E-state index contributed by atoms with van der Waals surface area (Å²) in [6.45, 7) is 1.41. The van der Waals surface area contributed by atoms with E-state index in [1.807, 2.05) is 59.6 Å². The zero-order valence-corrected chi connectivity index (χ0v) is 14.8. The normalized spacial score (nSPS) is 15.5. The van der Waals surface area contributed by atoms with Crippen LogP contribution in [0.1, 0.15) is 35.1 Å². The molecule has 0 unspecified atom stereocenters. The third-order valence-corrected chi connectivity index (χ3v) is 5.36. The number of carbonyl (C=O) groups excluding carboxylic acids is 1. The number of hydrogen-bond donors (Lipinski definition) is 0. The van der Waals surface area contributed by atoms with Gasteiger partial charge in [0, 0.05) is 36.8 Å². The van der Waals surface area contributed by atoms with Gasteiger partial charge < -0.3 is 4.90 Å². The molecule has 6 heteroatoms. The molecule has 0 aliphatic carbocycles. The summed E-state index contributed by atoms with van der Waals surface area (Å²) in [7, 11) is 0. The van der Waals surface area contributed by atoms with Crippen molar-refractivity contribution in [2.45, 2.75) is 18.8 Å². The van der Waals surface area contributed by atoms with Crippen molar-refractivity contribution in [3.63, 3.8) is 0 Å². The summed E-state index contributed by atoms with van der Waals surface area (Å²) in [6.07, 6.45) is 5.48. The van der Waals surface area contributed by atoms with Gasteiger partial charge in [-0.25, -0.2) is 0 Å². The van der Waals surface area contributed by atoms with Gasteiger partial charge in [0.15, 0.2) is 5.65 Å². The molecule has 134 valence electrons. The first-order chi connectivity index (χ1) is 13.3. The summed E-state index contributed by atoms with van der Waals surface area (Å²) in [5, 5.41) is 10.6. The molecule has 6 nitrogen and oxygen atoms in total. The van der Waals surface area contributed by atoms with Gasteiger partial charge in [-0.3, -0.25) is 14.2 Å². The molecule has 0 saturated carbocycles. The zero-order valence-electron chi connectivity index (χ0n) is 14.8. The lowest BCUT2D eigenvalue weighted by Crippen LogP contribution is -2.38. The fourth-order valence-corrected chi connectivity index (χ4v) is 3.92. The van der Waals surface area contributed by atoms with Crippen molar-refractivity contribution in [2.75, 3.05) is 13.1 Å². The topological polar surface area (TPSA) is 63.4 Å². The van der Waals surface area contributed by atoms with Gasteiger partial charge in [0.25, 0.3) is 5.91 Å². The van der Waals surface area contributed by atoms with Crippen molar-refractivity contribution in [3.8, 4) is 0 Å². The minimum absolute atomic E-state index is 0.0105. The highest BCUT2D eigenvalue weighted by Gasteiger charge is 2.28. The van der Waals surface area contributed by atoms with Crippen molar-refractivity contribution in [2.24, 2.45) is 0 Å². The molecule has 3 aromatic heterocycles. The Kier molecular flexibility index (Phi) is 3.81. The summed E-state index contributed by atoms with van der Waals surface area (Å²) in [6, 6.07) is 15.8. The van der Waals surface area contributed by atoms with Crippen molar-refractivity contribution in [1.82, 2.24) is 24.5 Å². The number of pyridine rings is 2. The van der Waals surface area contributed by atoms with Gasteiger partial charge in [0.05, 0.1) is 0 Å². The van der Waals surface area contributed by atoms with E-state index in [2.05, 4.69) is 19.6 Å². The van der Waals surface area contributed by atoms with E-state index in [0.29, 0.717) is 24.7 Å². The Hall–Kier alpha value is -3.28. The number of likely N-dealkylation sites (tertiary alicyclic amines) is 1. The van der Waals surface area contributed by atoms with Crippen LogP contribution in [0.4, 0.5) is 0 Å². The van der Waals surface area contributed by atoms with E-state index in [1.54, 1.807) is 6.20 Å². The minimum Gasteiger partial charge on any atom is -0.337 e. The molecule has 1 fully saturated rings. The molecule has 1 aromatic carbocycles. The number of rotatable bonds is 2. The number of carbonyl (C=O) groups is 1. The molecular weight excluding hydrogens is 338 g/mol. The number of amides is 1. The molecule has 0 bridgehead atoms. The van der Waals surface area contributed by atoms with Crippen LogP contribution >= 0.6 is 0 Å². The van der Waals surface area contributed by atoms with Crippen LogP contribution in [0.15, 0.2) is 60.9 Å². The quantitative estimate of drug-likeness (QED) is 0.552. The molecule has 0 atom stereocenters. The Balaban J connectivity index is 1.36. The largest absolute Gasteiger partial charge is 0.337 e. The van der Waals surface area contributed by atoms with Crippen LogP contribution < -0.4 is 0 Å². The van der Waals surface area contributed by atoms with Crippen LogP contribution in [0.3, 0.4) is 0 Å². The van der Waals surface area contributed by atoms with Crippen LogP contribution in [0, 0.1) is 0 Å². The molecule has 0 N–H and O–H groups in total. The molecule has 0 radical (unpaired) electrons. The van der Waals surface area contributed by atoms with E-state index >= 15 is 0 Å². The Morgan fingerprint density at radius 3 is 2.67 bits per heavy atom. The lowest BCUT2D eigenvalue weighted by Gasteiger charge is -2.31. The van der Waals surface area contributed by atoms with Gasteiger partial charge in [-0.1, -0.05) is 30.3 Å². The molecule has 1 amide bonds. The zero-order chi connectivity index (χ0) is 18.2.